The molecule has 1 saturated heterocycles. The molecule has 0 unspecified atom stereocenters. The minimum absolute atomic E-state index is 0.0375. The SMILES string of the molecule is C=C[C@@]1(C)C(=O)[C@H]2[C@@H]1C=C[C@]21OC1(C)C. The standard InChI is InChI=1S/C13H16O2/c1-5-12(4)8-6-7-13(9(8)10(12)14)11(2,3)15-13/h5-9H,1H2,2-4H3/t8-,9+,12+,13-/m0/s1. The van der Waals surface area contributed by atoms with Gasteiger partial charge in [-0.05, 0) is 20.8 Å². The number of fused-ring (bicyclic) bond motifs is 2. The van der Waals surface area contributed by atoms with Gasteiger partial charge in [-0.2, -0.15) is 0 Å². The van der Waals surface area contributed by atoms with Crippen molar-refractivity contribution < 1.29 is 9.53 Å². The van der Waals surface area contributed by atoms with E-state index in [1.165, 1.54) is 0 Å². The minimum atomic E-state index is -0.354. The number of hydrogen-bond donors (Lipinski definition) is 0. The van der Waals surface area contributed by atoms with E-state index in [-0.39, 0.29) is 28.3 Å². The van der Waals surface area contributed by atoms with E-state index < -0.39 is 0 Å². The van der Waals surface area contributed by atoms with Gasteiger partial charge in [0.25, 0.3) is 0 Å². The zero-order valence-corrected chi connectivity index (χ0v) is 9.41. The summed E-state index contributed by atoms with van der Waals surface area (Å²) >= 11 is 0. The number of ether oxygens (including phenoxy) is 1. The van der Waals surface area contributed by atoms with Crippen molar-refractivity contribution in [1.82, 2.24) is 0 Å². The highest BCUT2D eigenvalue weighted by atomic mass is 16.6. The molecule has 0 bridgehead atoms. The lowest BCUT2D eigenvalue weighted by Crippen LogP contribution is -2.57. The number of carbonyl (C=O) groups is 1. The Morgan fingerprint density at radius 3 is 2.53 bits per heavy atom. The number of Topliss-reactive ketones (excluding diaryl/α,β-unsaturated/α-hetero) is 1. The molecule has 0 radical (unpaired) electrons. The number of ketones is 1. The molecule has 4 atom stereocenters. The first-order valence-corrected chi connectivity index (χ1v) is 5.46. The summed E-state index contributed by atoms with van der Waals surface area (Å²) in [6.07, 6.45) is 6.02. The van der Waals surface area contributed by atoms with E-state index in [1.807, 2.05) is 6.92 Å². The van der Waals surface area contributed by atoms with Crippen LogP contribution in [0.2, 0.25) is 0 Å². The normalized spacial score (nSPS) is 53.9. The summed E-state index contributed by atoms with van der Waals surface area (Å²) < 4.78 is 5.75. The summed E-state index contributed by atoms with van der Waals surface area (Å²) in [5.41, 5.74) is -0.814. The van der Waals surface area contributed by atoms with Crippen LogP contribution in [0.15, 0.2) is 24.8 Å². The maximum absolute atomic E-state index is 12.1. The van der Waals surface area contributed by atoms with E-state index in [0.717, 1.165) is 0 Å². The molecule has 80 valence electrons. The van der Waals surface area contributed by atoms with Crippen molar-refractivity contribution in [3.63, 3.8) is 0 Å². The van der Waals surface area contributed by atoms with Crippen LogP contribution in [0.4, 0.5) is 0 Å². The topological polar surface area (TPSA) is 29.6 Å². The Morgan fingerprint density at radius 2 is 2.07 bits per heavy atom. The highest BCUT2D eigenvalue weighted by molar-refractivity contribution is 5.99. The van der Waals surface area contributed by atoms with E-state index in [9.17, 15) is 4.79 Å². The molecule has 3 aliphatic rings. The average molecular weight is 204 g/mol. The van der Waals surface area contributed by atoms with Gasteiger partial charge in [0, 0.05) is 5.92 Å². The fraction of sp³-hybridized carbons (Fsp3) is 0.615. The van der Waals surface area contributed by atoms with E-state index >= 15 is 0 Å². The maximum atomic E-state index is 12.1. The highest BCUT2D eigenvalue weighted by Gasteiger charge is 2.78. The van der Waals surface area contributed by atoms with Crippen molar-refractivity contribution in [3.05, 3.63) is 24.8 Å². The summed E-state index contributed by atoms with van der Waals surface area (Å²) in [6, 6.07) is 0. The first-order valence-electron chi connectivity index (χ1n) is 5.46. The van der Waals surface area contributed by atoms with Gasteiger partial charge in [0.05, 0.1) is 16.9 Å². The molecule has 15 heavy (non-hydrogen) atoms. The van der Waals surface area contributed by atoms with E-state index in [2.05, 4.69) is 32.6 Å². The largest absolute Gasteiger partial charge is 0.358 e. The maximum Gasteiger partial charge on any atom is 0.150 e. The van der Waals surface area contributed by atoms with Gasteiger partial charge >= 0.3 is 0 Å². The van der Waals surface area contributed by atoms with Crippen LogP contribution in [0.25, 0.3) is 0 Å². The fourth-order valence-corrected chi connectivity index (χ4v) is 3.34. The number of hydrogen-bond acceptors (Lipinski definition) is 2. The van der Waals surface area contributed by atoms with Crippen LogP contribution in [0.1, 0.15) is 20.8 Å². The van der Waals surface area contributed by atoms with Gasteiger partial charge in [0.1, 0.15) is 11.4 Å². The van der Waals surface area contributed by atoms with Crippen LogP contribution in [-0.2, 0) is 9.53 Å². The molecule has 2 fully saturated rings. The lowest BCUT2D eigenvalue weighted by Gasteiger charge is -2.47. The van der Waals surface area contributed by atoms with Gasteiger partial charge in [0.2, 0.25) is 0 Å². The summed E-state index contributed by atoms with van der Waals surface area (Å²) in [5, 5.41) is 0. The molecule has 0 aromatic rings. The summed E-state index contributed by atoms with van der Waals surface area (Å²) in [5.74, 6) is 0.623. The zero-order chi connectivity index (χ0) is 11.1. The van der Waals surface area contributed by atoms with E-state index in [1.54, 1.807) is 6.08 Å². The third-order valence-corrected chi connectivity index (χ3v) is 4.63. The van der Waals surface area contributed by atoms with Crippen LogP contribution >= 0.6 is 0 Å². The van der Waals surface area contributed by atoms with Gasteiger partial charge in [-0.15, -0.1) is 6.58 Å². The number of rotatable bonds is 1. The third-order valence-electron chi connectivity index (χ3n) is 4.63. The lowest BCUT2D eigenvalue weighted by molar-refractivity contribution is -0.148. The van der Waals surface area contributed by atoms with Crippen molar-refractivity contribution in [2.75, 3.05) is 0 Å². The molecule has 1 saturated carbocycles. The van der Waals surface area contributed by atoms with Gasteiger partial charge in [0.15, 0.2) is 0 Å². The second-order valence-corrected chi connectivity index (χ2v) is 5.62. The van der Waals surface area contributed by atoms with Crippen LogP contribution < -0.4 is 0 Å². The van der Waals surface area contributed by atoms with Crippen molar-refractivity contribution in [1.29, 1.82) is 0 Å². The molecule has 2 nitrogen and oxygen atoms in total. The quantitative estimate of drug-likeness (QED) is 0.483. The Bertz CT molecular complexity index is 407. The highest BCUT2D eigenvalue weighted by Crippen LogP contribution is 2.68. The van der Waals surface area contributed by atoms with E-state index in [4.69, 9.17) is 4.74 Å². The van der Waals surface area contributed by atoms with Crippen LogP contribution in [0, 0.1) is 17.3 Å². The Morgan fingerprint density at radius 1 is 1.47 bits per heavy atom. The second kappa shape index (κ2) is 2.12. The summed E-state index contributed by atoms with van der Waals surface area (Å²) in [4.78, 5) is 12.1. The second-order valence-electron chi connectivity index (χ2n) is 5.62. The predicted molar refractivity (Wildman–Crippen MR) is 57.3 cm³/mol. The van der Waals surface area contributed by atoms with Crippen molar-refractivity contribution in [2.24, 2.45) is 17.3 Å². The molecular formula is C13H16O2. The van der Waals surface area contributed by atoms with Gasteiger partial charge < -0.3 is 4.74 Å². The Hall–Kier alpha value is -0.890. The lowest BCUT2D eigenvalue weighted by atomic mass is 9.52. The van der Waals surface area contributed by atoms with Crippen LogP contribution in [0.3, 0.4) is 0 Å². The molecule has 2 aliphatic carbocycles. The monoisotopic (exact) mass is 204 g/mol. The minimum Gasteiger partial charge on any atom is -0.358 e. The Kier molecular flexibility index (Phi) is 1.32. The summed E-state index contributed by atoms with van der Waals surface area (Å²) in [6.45, 7) is 9.85. The molecule has 0 aromatic carbocycles. The summed E-state index contributed by atoms with van der Waals surface area (Å²) in [7, 11) is 0. The zero-order valence-electron chi connectivity index (χ0n) is 9.41. The van der Waals surface area contributed by atoms with Crippen molar-refractivity contribution >= 4 is 5.78 Å². The molecule has 1 spiro atoms. The van der Waals surface area contributed by atoms with Crippen LogP contribution in [0.5, 0.6) is 0 Å². The molecule has 2 heteroatoms. The molecule has 0 aromatic heterocycles. The fourth-order valence-electron chi connectivity index (χ4n) is 3.34. The van der Waals surface area contributed by atoms with Gasteiger partial charge in [-0.1, -0.05) is 18.2 Å². The van der Waals surface area contributed by atoms with Crippen LogP contribution in [-0.4, -0.2) is 17.0 Å². The predicted octanol–water partition coefficient (Wildman–Crippen LogP) is 2.11. The van der Waals surface area contributed by atoms with Crippen molar-refractivity contribution in [2.45, 2.75) is 32.0 Å². The number of epoxide rings is 1. The van der Waals surface area contributed by atoms with E-state index in [0.29, 0.717) is 5.92 Å². The molecular weight excluding hydrogens is 188 g/mol. The molecule has 1 heterocycles. The first kappa shape index (κ1) is 9.34. The first-order chi connectivity index (χ1) is 6.89. The van der Waals surface area contributed by atoms with Gasteiger partial charge in [-0.3, -0.25) is 4.79 Å². The smallest absolute Gasteiger partial charge is 0.150 e. The Balaban J connectivity index is 1.99. The molecule has 3 rings (SSSR count). The number of carbonyl (C=O) groups excluding carboxylic acids is 1. The Labute approximate surface area is 90.0 Å². The van der Waals surface area contributed by atoms with Crippen molar-refractivity contribution in [3.8, 4) is 0 Å². The molecule has 0 amide bonds. The third kappa shape index (κ3) is 0.729. The average Bonchev–Trinajstić information content (AvgIpc) is 2.59. The molecule has 0 N–H and O–H groups in total. The number of allylic oxidation sites excluding steroid dienone is 2. The molecule has 1 aliphatic heterocycles. The van der Waals surface area contributed by atoms with Gasteiger partial charge in [-0.25, -0.2) is 0 Å².